The van der Waals surface area contributed by atoms with E-state index in [9.17, 15) is 4.79 Å². The van der Waals surface area contributed by atoms with Crippen molar-refractivity contribution in [1.29, 1.82) is 0 Å². The third-order valence-corrected chi connectivity index (χ3v) is 3.08. The Hall–Kier alpha value is -0.220. The zero-order valence-electron chi connectivity index (χ0n) is 7.77. The molecule has 1 heterocycles. The fourth-order valence-corrected chi connectivity index (χ4v) is 2.23. The molecular formula is C9H15NOS2. The van der Waals surface area contributed by atoms with Crippen molar-refractivity contribution in [2.45, 2.75) is 26.3 Å². The molecule has 0 radical (unpaired) electrons. The normalized spacial score (nSPS) is 13.1. The summed E-state index contributed by atoms with van der Waals surface area (Å²) >= 11 is 5.44. The van der Waals surface area contributed by atoms with Crippen molar-refractivity contribution in [3.05, 3.63) is 21.2 Å². The zero-order chi connectivity index (χ0) is 9.68. The van der Waals surface area contributed by atoms with E-state index >= 15 is 0 Å². The summed E-state index contributed by atoms with van der Waals surface area (Å²) in [6, 6.07) is 0. The number of hydrogen-bond acceptors (Lipinski definition) is 3. The third-order valence-electron chi connectivity index (χ3n) is 2.13. The highest BCUT2D eigenvalue weighted by Crippen LogP contribution is 2.09. The number of thiazole rings is 1. The molecule has 0 aliphatic heterocycles. The van der Waals surface area contributed by atoms with E-state index in [1.54, 1.807) is 4.57 Å². The summed E-state index contributed by atoms with van der Waals surface area (Å²) in [5.41, 5.74) is 0. The Kier molecular flexibility index (Phi) is 4.59. The SMILES string of the molecule is CC(CCS)CCn1ccsc1=O. The summed E-state index contributed by atoms with van der Waals surface area (Å²) in [5.74, 6) is 1.59. The molecule has 74 valence electrons. The van der Waals surface area contributed by atoms with Crippen molar-refractivity contribution in [2.75, 3.05) is 5.75 Å². The van der Waals surface area contributed by atoms with Gasteiger partial charge in [0.2, 0.25) is 0 Å². The largest absolute Gasteiger partial charge is 0.307 e. The van der Waals surface area contributed by atoms with Gasteiger partial charge in [0, 0.05) is 18.1 Å². The predicted molar refractivity (Wildman–Crippen MR) is 60.8 cm³/mol. The van der Waals surface area contributed by atoms with Crippen molar-refractivity contribution < 1.29 is 0 Å². The van der Waals surface area contributed by atoms with E-state index in [0.29, 0.717) is 5.92 Å². The van der Waals surface area contributed by atoms with Crippen molar-refractivity contribution in [3.8, 4) is 0 Å². The molecule has 2 nitrogen and oxygen atoms in total. The number of aromatic nitrogens is 1. The van der Waals surface area contributed by atoms with Gasteiger partial charge in [-0.1, -0.05) is 18.3 Å². The highest BCUT2D eigenvalue weighted by atomic mass is 32.1. The van der Waals surface area contributed by atoms with Crippen LogP contribution in [0.15, 0.2) is 16.4 Å². The molecule has 0 aromatic carbocycles. The molecule has 0 N–H and O–H groups in total. The van der Waals surface area contributed by atoms with Gasteiger partial charge in [0.1, 0.15) is 0 Å². The second kappa shape index (κ2) is 5.50. The number of rotatable bonds is 5. The Morgan fingerprint density at radius 1 is 1.62 bits per heavy atom. The maximum atomic E-state index is 11.2. The molecule has 0 amide bonds. The minimum absolute atomic E-state index is 0.151. The zero-order valence-corrected chi connectivity index (χ0v) is 9.48. The van der Waals surface area contributed by atoms with Crippen LogP contribution >= 0.6 is 24.0 Å². The molecule has 0 spiro atoms. The van der Waals surface area contributed by atoms with Gasteiger partial charge in [-0.15, -0.1) is 0 Å². The molecule has 0 fully saturated rings. The Morgan fingerprint density at radius 2 is 2.38 bits per heavy atom. The summed E-state index contributed by atoms with van der Waals surface area (Å²) in [6.07, 6.45) is 4.06. The van der Waals surface area contributed by atoms with Crippen LogP contribution in [0.2, 0.25) is 0 Å². The van der Waals surface area contributed by atoms with E-state index < -0.39 is 0 Å². The van der Waals surface area contributed by atoms with Crippen LogP contribution in [0.25, 0.3) is 0 Å². The maximum absolute atomic E-state index is 11.2. The number of aryl methyl sites for hydroxylation is 1. The van der Waals surface area contributed by atoms with Crippen LogP contribution in [0.5, 0.6) is 0 Å². The van der Waals surface area contributed by atoms with Gasteiger partial charge in [0.05, 0.1) is 0 Å². The monoisotopic (exact) mass is 217 g/mol. The average Bonchev–Trinajstić information content (AvgIpc) is 2.48. The lowest BCUT2D eigenvalue weighted by molar-refractivity contribution is 0.469. The van der Waals surface area contributed by atoms with E-state index in [2.05, 4.69) is 19.6 Å². The molecule has 13 heavy (non-hydrogen) atoms. The fraction of sp³-hybridized carbons (Fsp3) is 0.667. The smallest absolute Gasteiger partial charge is 0.306 e. The Balaban J connectivity index is 2.35. The average molecular weight is 217 g/mol. The Bertz CT molecular complexity index is 292. The molecule has 4 heteroatoms. The number of hydrogen-bond donors (Lipinski definition) is 1. The molecule has 0 saturated carbocycles. The summed E-state index contributed by atoms with van der Waals surface area (Å²) in [5, 5.41) is 1.84. The second-order valence-corrected chi connectivity index (χ2v) is 4.57. The maximum Gasteiger partial charge on any atom is 0.307 e. The van der Waals surface area contributed by atoms with E-state index in [1.165, 1.54) is 11.3 Å². The van der Waals surface area contributed by atoms with Crippen LogP contribution in [-0.4, -0.2) is 10.3 Å². The minimum Gasteiger partial charge on any atom is -0.306 e. The second-order valence-electron chi connectivity index (χ2n) is 3.27. The number of nitrogens with zero attached hydrogens (tertiary/aromatic N) is 1. The van der Waals surface area contributed by atoms with Crippen LogP contribution in [-0.2, 0) is 6.54 Å². The quantitative estimate of drug-likeness (QED) is 0.751. The fourth-order valence-electron chi connectivity index (χ4n) is 1.18. The molecule has 0 aliphatic rings. The van der Waals surface area contributed by atoms with E-state index in [1.807, 2.05) is 11.6 Å². The van der Waals surface area contributed by atoms with Crippen LogP contribution in [0.3, 0.4) is 0 Å². The minimum atomic E-state index is 0.151. The first-order valence-corrected chi connectivity index (χ1v) is 6.00. The molecule has 0 bridgehead atoms. The van der Waals surface area contributed by atoms with E-state index in [4.69, 9.17) is 0 Å². The lowest BCUT2D eigenvalue weighted by Crippen LogP contribution is -2.13. The van der Waals surface area contributed by atoms with Crippen LogP contribution < -0.4 is 4.87 Å². The van der Waals surface area contributed by atoms with Gasteiger partial charge in [-0.2, -0.15) is 12.6 Å². The molecular weight excluding hydrogens is 202 g/mol. The summed E-state index contributed by atoms with van der Waals surface area (Å²) in [7, 11) is 0. The first kappa shape index (κ1) is 10.9. The first-order valence-electron chi connectivity index (χ1n) is 4.49. The van der Waals surface area contributed by atoms with Gasteiger partial charge in [0.25, 0.3) is 0 Å². The van der Waals surface area contributed by atoms with Gasteiger partial charge in [-0.3, -0.25) is 4.79 Å². The Labute approximate surface area is 88.0 Å². The van der Waals surface area contributed by atoms with Crippen molar-refractivity contribution in [1.82, 2.24) is 4.57 Å². The predicted octanol–water partition coefficient (Wildman–Crippen LogP) is 2.26. The van der Waals surface area contributed by atoms with Crippen molar-refractivity contribution in [2.24, 2.45) is 5.92 Å². The van der Waals surface area contributed by atoms with E-state index in [-0.39, 0.29) is 4.87 Å². The van der Waals surface area contributed by atoms with Crippen LogP contribution in [0.4, 0.5) is 0 Å². The van der Waals surface area contributed by atoms with Crippen LogP contribution in [0, 0.1) is 5.92 Å². The summed E-state index contributed by atoms with van der Waals surface area (Å²) < 4.78 is 1.78. The van der Waals surface area contributed by atoms with Gasteiger partial charge in [-0.25, -0.2) is 0 Å². The molecule has 1 rings (SSSR count). The summed E-state index contributed by atoms with van der Waals surface area (Å²) in [4.78, 5) is 11.3. The summed E-state index contributed by atoms with van der Waals surface area (Å²) in [6.45, 7) is 3.05. The topological polar surface area (TPSA) is 22.0 Å². The van der Waals surface area contributed by atoms with Gasteiger partial charge in [0.15, 0.2) is 0 Å². The molecule has 1 aromatic rings. The van der Waals surface area contributed by atoms with Crippen molar-refractivity contribution >= 4 is 24.0 Å². The third kappa shape index (κ3) is 3.56. The van der Waals surface area contributed by atoms with Crippen LogP contribution in [0.1, 0.15) is 19.8 Å². The lowest BCUT2D eigenvalue weighted by atomic mass is 10.1. The van der Waals surface area contributed by atoms with Crippen molar-refractivity contribution in [3.63, 3.8) is 0 Å². The van der Waals surface area contributed by atoms with Gasteiger partial charge in [-0.05, 0) is 24.5 Å². The highest BCUT2D eigenvalue weighted by Gasteiger charge is 2.02. The molecule has 1 atom stereocenters. The lowest BCUT2D eigenvalue weighted by Gasteiger charge is -2.08. The highest BCUT2D eigenvalue weighted by molar-refractivity contribution is 7.80. The first-order chi connectivity index (χ1) is 6.24. The molecule has 1 aromatic heterocycles. The molecule has 0 saturated heterocycles. The van der Waals surface area contributed by atoms with Gasteiger partial charge >= 0.3 is 4.87 Å². The molecule has 0 aliphatic carbocycles. The standard InChI is InChI=1S/C9H15NOS2/c1-8(3-6-12)2-4-10-5-7-13-9(10)11/h5,7-8,12H,2-4,6H2,1H3. The van der Waals surface area contributed by atoms with Gasteiger partial charge < -0.3 is 4.57 Å². The number of thiol groups is 1. The van der Waals surface area contributed by atoms with E-state index in [0.717, 1.165) is 25.1 Å². The Morgan fingerprint density at radius 3 is 2.92 bits per heavy atom. The molecule has 1 unspecified atom stereocenters.